The molecule has 0 spiro atoms. The van der Waals surface area contributed by atoms with Crippen LogP contribution in [0, 0.1) is 0 Å². The number of aliphatic hydroxyl groups is 1. The Hall–Kier alpha value is -1.18. The maximum absolute atomic E-state index is 12.0. The van der Waals surface area contributed by atoms with Gasteiger partial charge >= 0.3 is 6.36 Å². The van der Waals surface area contributed by atoms with Crippen LogP contribution in [0.5, 0.6) is 11.5 Å². The van der Waals surface area contributed by atoms with Crippen LogP contribution in [-0.2, 0) is 0 Å². The molecule has 0 aliphatic heterocycles. The quantitative estimate of drug-likeness (QED) is 0.889. The highest BCUT2D eigenvalue weighted by atomic mass is 35.5. The molecule has 0 amide bonds. The van der Waals surface area contributed by atoms with E-state index >= 15 is 0 Å². The smallest absolute Gasteiger partial charge is 0.496 e. The zero-order valence-electron chi connectivity index (χ0n) is 9.40. The topological polar surface area (TPSA) is 64.7 Å². The van der Waals surface area contributed by atoms with Gasteiger partial charge in [0, 0.05) is 11.6 Å². The molecule has 0 aliphatic carbocycles. The maximum atomic E-state index is 12.0. The predicted molar refractivity (Wildman–Crippen MR) is 60.9 cm³/mol. The van der Waals surface area contributed by atoms with Crippen LogP contribution in [0.1, 0.15) is 11.6 Å². The fourth-order valence-corrected chi connectivity index (χ4v) is 1.29. The van der Waals surface area contributed by atoms with E-state index in [1.807, 2.05) is 0 Å². The molecule has 4 nitrogen and oxygen atoms in total. The number of methoxy groups -OCH3 is 1. The van der Waals surface area contributed by atoms with E-state index in [0.717, 1.165) is 12.1 Å². The maximum Gasteiger partial charge on any atom is 0.573 e. The zero-order valence-corrected chi connectivity index (χ0v) is 10.2. The molecule has 104 valence electrons. The SMILES string of the molecule is COc1cc(OC(F)(F)F)ccc1[C@@H](N)CO.Cl. The number of hydrogen-bond donors (Lipinski definition) is 2. The van der Waals surface area contributed by atoms with Crippen molar-refractivity contribution in [3.05, 3.63) is 23.8 Å². The van der Waals surface area contributed by atoms with Crippen LogP contribution in [0.25, 0.3) is 0 Å². The first-order chi connectivity index (χ1) is 7.87. The van der Waals surface area contributed by atoms with Crippen LogP contribution in [0.2, 0.25) is 0 Å². The molecular weight excluding hydrogens is 275 g/mol. The van der Waals surface area contributed by atoms with E-state index in [-0.39, 0.29) is 24.8 Å². The van der Waals surface area contributed by atoms with Crippen LogP contribution < -0.4 is 15.2 Å². The highest BCUT2D eigenvalue weighted by molar-refractivity contribution is 5.85. The number of hydrogen-bond acceptors (Lipinski definition) is 4. The normalized spacial score (nSPS) is 12.6. The molecule has 0 saturated carbocycles. The monoisotopic (exact) mass is 287 g/mol. The van der Waals surface area contributed by atoms with E-state index in [1.165, 1.54) is 13.2 Å². The predicted octanol–water partition coefficient (Wildman–Crippen LogP) is 2.01. The average molecular weight is 288 g/mol. The molecule has 0 bridgehead atoms. The Morgan fingerprint density at radius 2 is 2.00 bits per heavy atom. The summed E-state index contributed by atoms with van der Waals surface area (Å²) in [6, 6.07) is 2.78. The molecule has 18 heavy (non-hydrogen) atoms. The Kier molecular flexibility index (Phi) is 6.23. The summed E-state index contributed by atoms with van der Waals surface area (Å²) in [5, 5.41) is 8.87. The Balaban J connectivity index is 0.00000289. The van der Waals surface area contributed by atoms with Gasteiger partial charge in [-0.2, -0.15) is 0 Å². The van der Waals surface area contributed by atoms with Crippen molar-refractivity contribution in [2.24, 2.45) is 5.73 Å². The minimum Gasteiger partial charge on any atom is -0.496 e. The molecule has 1 rings (SSSR count). The van der Waals surface area contributed by atoms with Gasteiger partial charge < -0.3 is 20.3 Å². The highest BCUT2D eigenvalue weighted by Crippen LogP contribution is 2.31. The van der Waals surface area contributed by atoms with Gasteiger partial charge in [-0.25, -0.2) is 0 Å². The molecule has 0 aromatic heterocycles. The molecule has 0 aliphatic rings. The minimum absolute atomic E-state index is 0. The van der Waals surface area contributed by atoms with E-state index < -0.39 is 18.2 Å². The molecule has 3 N–H and O–H groups in total. The van der Waals surface area contributed by atoms with Crippen molar-refractivity contribution in [3.63, 3.8) is 0 Å². The summed E-state index contributed by atoms with van der Waals surface area (Å²) in [6.45, 7) is -0.337. The third-order valence-corrected chi connectivity index (χ3v) is 2.03. The number of rotatable bonds is 4. The zero-order chi connectivity index (χ0) is 13.1. The highest BCUT2D eigenvalue weighted by Gasteiger charge is 2.31. The lowest BCUT2D eigenvalue weighted by molar-refractivity contribution is -0.274. The molecule has 0 unspecified atom stereocenters. The first kappa shape index (κ1) is 16.8. The van der Waals surface area contributed by atoms with Gasteiger partial charge in [-0.05, 0) is 12.1 Å². The second kappa shape index (κ2) is 6.67. The van der Waals surface area contributed by atoms with Crippen LogP contribution in [-0.4, -0.2) is 25.2 Å². The van der Waals surface area contributed by atoms with Crippen molar-refractivity contribution >= 4 is 12.4 Å². The second-order valence-corrected chi connectivity index (χ2v) is 3.24. The fourth-order valence-electron chi connectivity index (χ4n) is 1.29. The van der Waals surface area contributed by atoms with Gasteiger partial charge in [0.2, 0.25) is 0 Å². The van der Waals surface area contributed by atoms with Crippen LogP contribution in [0.4, 0.5) is 13.2 Å². The van der Waals surface area contributed by atoms with E-state index in [2.05, 4.69) is 4.74 Å². The molecule has 1 aromatic rings. The summed E-state index contributed by atoms with van der Waals surface area (Å²) in [6.07, 6.45) is -4.76. The summed E-state index contributed by atoms with van der Waals surface area (Å²) in [5.41, 5.74) is 5.96. The number of aliphatic hydroxyl groups excluding tert-OH is 1. The molecular formula is C10H13ClF3NO3. The standard InChI is InChI=1S/C10H12F3NO3.ClH/c1-16-9-4-6(17-10(11,12)13)2-3-7(9)8(14)5-15;/h2-4,8,15H,5,14H2,1H3;1H/t8-;/m0./s1. The van der Waals surface area contributed by atoms with E-state index in [4.69, 9.17) is 15.6 Å². The molecule has 0 saturated heterocycles. The largest absolute Gasteiger partial charge is 0.573 e. The molecule has 8 heteroatoms. The Bertz CT molecular complexity index is 387. The van der Waals surface area contributed by atoms with E-state index in [0.29, 0.717) is 5.56 Å². The summed E-state index contributed by atoms with van der Waals surface area (Å²) in [7, 11) is 1.29. The number of benzene rings is 1. The number of nitrogens with two attached hydrogens (primary N) is 1. The first-order valence-corrected chi connectivity index (χ1v) is 4.67. The third-order valence-electron chi connectivity index (χ3n) is 2.03. The summed E-state index contributed by atoms with van der Waals surface area (Å²) in [4.78, 5) is 0. The van der Waals surface area contributed by atoms with Crippen LogP contribution in [0.3, 0.4) is 0 Å². The summed E-state index contributed by atoms with van der Waals surface area (Å²) in [5.74, 6) is -0.267. The van der Waals surface area contributed by atoms with Crippen molar-refractivity contribution in [1.82, 2.24) is 0 Å². The molecule has 1 aromatic carbocycles. The summed E-state index contributed by atoms with van der Waals surface area (Å²) < 4.78 is 44.5. The number of alkyl halides is 3. The first-order valence-electron chi connectivity index (χ1n) is 4.67. The molecule has 0 radical (unpaired) electrons. The van der Waals surface area contributed by atoms with Crippen LogP contribution >= 0.6 is 12.4 Å². The van der Waals surface area contributed by atoms with Gasteiger partial charge in [0.15, 0.2) is 0 Å². The Morgan fingerprint density at radius 3 is 2.44 bits per heavy atom. The molecule has 0 heterocycles. The Labute approximate surface area is 108 Å². The van der Waals surface area contributed by atoms with Gasteiger partial charge in [0.1, 0.15) is 11.5 Å². The van der Waals surface area contributed by atoms with Gasteiger partial charge in [-0.3, -0.25) is 0 Å². The van der Waals surface area contributed by atoms with E-state index in [1.54, 1.807) is 0 Å². The lowest BCUT2D eigenvalue weighted by atomic mass is 10.1. The van der Waals surface area contributed by atoms with E-state index in [9.17, 15) is 13.2 Å². The van der Waals surface area contributed by atoms with Crippen molar-refractivity contribution in [1.29, 1.82) is 0 Å². The van der Waals surface area contributed by atoms with Gasteiger partial charge in [-0.1, -0.05) is 0 Å². The second-order valence-electron chi connectivity index (χ2n) is 3.24. The molecule has 0 fully saturated rings. The van der Waals surface area contributed by atoms with Crippen molar-refractivity contribution < 1.29 is 27.8 Å². The molecule has 1 atom stereocenters. The van der Waals surface area contributed by atoms with Crippen molar-refractivity contribution in [3.8, 4) is 11.5 Å². The average Bonchev–Trinajstić information content (AvgIpc) is 2.25. The van der Waals surface area contributed by atoms with Gasteiger partial charge in [-0.15, -0.1) is 25.6 Å². The minimum atomic E-state index is -4.76. The van der Waals surface area contributed by atoms with Crippen molar-refractivity contribution in [2.45, 2.75) is 12.4 Å². The third kappa shape index (κ3) is 4.59. The fraction of sp³-hybridized carbons (Fsp3) is 0.400. The van der Waals surface area contributed by atoms with Gasteiger partial charge in [0.25, 0.3) is 0 Å². The number of halogens is 4. The number of ether oxygens (including phenoxy) is 2. The van der Waals surface area contributed by atoms with Gasteiger partial charge in [0.05, 0.1) is 19.8 Å². The van der Waals surface area contributed by atoms with Crippen molar-refractivity contribution in [2.75, 3.05) is 13.7 Å². The lowest BCUT2D eigenvalue weighted by Crippen LogP contribution is -2.18. The Morgan fingerprint density at radius 1 is 1.39 bits per heavy atom. The van der Waals surface area contributed by atoms with Crippen LogP contribution in [0.15, 0.2) is 18.2 Å². The lowest BCUT2D eigenvalue weighted by Gasteiger charge is -2.15. The summed E-state index contributed by atoms with van der Waals surface area (Å²) >= 11 is 0.